The highest BCUT2D eigenvalue weighted by atomic mass is 35.5. The first-order chi connectivity index (χ1) is 15.2. The smallest absolute Gasteiger partial charge is 0.300 e. The zero-order valence-corrected chi connectivity index (χ0v) is 19.8. The number of aryl methyl sites for hydroxylation is 2. The number of methoxy groups -OCH3 is 1. The van der Waals surface area contributed by atoms with Crippen molar-refractivity contribution in [2.75, 3.05) is 12.0 Å². The number of carbonyl (C=O) groups is 2. The van der Waals surface area contributed by atoms with Crippen molar-refractivity contribution in [1.29, 1.82) is 0 Å². The fourth-order valence-electron chi connectivity index (χ4n) is 3.90. The van der Waals surface area contributed by atoms with Crippen molar-refractivity contribution < 1.29 is 19.4 Å². The summed E-state index contributed by atoms with van der Waals surface area (Å²) in [5.74, 6) is -1.65. The highest BCUT2D eigenvalue weighted by Crippen LogP contribution is 2.46. The lowest BCUT2D eigenvalue weighted by Crippen LogP contribution is -2.29. The van der Waals surface area contributed by atoms with Gasteiger partial charge in [0.25, 0.3) is 11.7 Å². The maximum Gasteiger partial charge on any atom is 0.300 e. The number of Topliss-reactive ketones (excluding diaryl/α,β-unsaturated/α-hetero) is 1. The van der Waals surface area contributed by atoms with Crippen LogP contribution in [0.1, 0.15) is 27.6 Å². The number of ether oxygens (including phenoxy) is 1. The van der Waals surface area contributed by atoms with Crippen LogP contribution in [0.15, 0.2) is 53.4 Å². The molecule has 1 unspecified atom stereocenters. The molecule has 3 aromatic rings. The number of aliphatic hydroxyl groups excluding tert-OH is 1. The summed E-state index contributed by atoms with van der Waals surface area (Å²) in [7, 11) is 1.43. The number of thiophene rings is 1. The molecule has 2 heterocycles. The monoisotopic (exact) mass is 487 g/mol. The Morgan fingerprint density at radius 2 is 1.88 bits per heavy atom. The van der Waals surface area contributed by atoms with Crippen molar-refractivity contribution in [3.8, 4) is 5.75 Å². The molecule has 0 spiro atoms. The van der Waals surface area contributed by atoms with Crippen molar-refractivity contribution in [2.45, 2.75) is 19.9 Å². The van der Waals surface area contributed by atoms with Gasteiger partial charge in [0.15, 0.2) is 0 Å². The minimum absolute atomic E-state index is 0.0307. The molecule has 5 nitrogen and oxygen atoms in total. The Balaban J connectivity index is 2.01. The van der Waals surface area contributed by atoms with Gasteiger partial charge in [0, 0.05) is 15.6 Å². The van der Waals surface area contributed by atoms with Crippen LogP contribution in [0.2, 0.25) is 10.0 Å². The summed E-state index contributed by atoms with van der Waals surface area (Å²) in [6.45, 7) is 3.65. The van der Waals surface area contributed by atoms with E-state index in [4.69, 9.17) is 27.9 Å². The molecule has 0 aliphatic carbocycles. The van der Waals surface area contributed by atoms with E-state index in [0.29, 0.717) is 15.7 Å². The Hall–Kier alpha value is -2.80. The van der Waals surface area contributed by atoms with Gasteiger partial charge < -0.3 is 9.84 Å². The molecule has 1 fully saturated rings. The fraction of sp³-hybridized carbons (Fsp3) is 0.167. The summed E-state index contributed by atoms with van der Waals surface area (Å²) in [4.78, 5) is 28.6. The van der Waals surface area contributed by atoms with Crippen molar-refractivity contribution in [1.82, 2.24) is 0 Å². The summed E-state index contributed by atoms with van der Waals surface area (Å²) in [6.07, 6.45) is 0. The van der Waals surface area contributed by atoms with Gasteiger partial charge in [-0.1, -0.05) is 35.3 Å². The Morgan fingerprint density at radius 1 is 1.12 bits per heavy atom. The van der Waals surface area contributed by atoms with E-state index in [1.807, 2.05) is 31.4 Å². The number of hydrogen-bond donors (Lipinski definition) is 1. The van der Waals surface area contributed by atoms with Crippen LogP contribution in [0.25, 0.3) is 5.76 Å². The largest absolute Gasteiger partial charge is 0.507 e. The molecule has 0 bridgehead atoms. The maximum atomic E-state index is 13.3. The molecule has 0 radical (unpaired) electrons. The van der Waals surface area contributed by atoms with Crippen LogP contribution in [-0.4, -0.2) is 23.9 Å². The van der Waals surface area contributed by atoms with Crippen molar-refractivity contribution in [3.05, 3.63) is 85.0 Å². The third-order valence-corrected chi connectivity index (χ3v) is 6.78. The highest BCUT2D eigenvalue weighted by molar-refractivity contribution is 7.10. The van der Waals surface area contributed by atoms with Crippen LogP contribution in [0.3, 0.4) is 0 Å². The topological polar surface area (TPSA) is 66.8 Å². The normalized spacial score (nSPS) is 17.8. The second-order valence-electron chi connectivity index (χ2n) is 7.44. The lowest BCUT2D eigenvalue weighted by molar-refractivity contribution is -0.132. The first kappa shape index (κ1) is 22.4. The lowest BCUT2D eigenvalue weighted by Gasteiger charge is -2.26. The summed E-state index contributed by atoms with van der Waals surface area (Å²) < 4.78 is 5.40. The molecule has 4 rings (SSSR count). The van der Waals surface area contributed by atoms with E-state index in [1.54, 1.807) is 30.3 Å². The predicted molar refractivity (Wildman–Crippen MR) is 128 cm³/mol. The number of ketones is 1. The Kier molecular flexibility index (Phi) is 6.03. The Morgan fingerprint density at radius 3 is 2.53 bits per heavy atom. The summed E-state index contributed by atoms with van der Waals surface area (Å²) in [6, 6.07) is 11.3. The molecule has 1 aromatic heterocycles. The number of hydrogen-bond acceptors (Lipinski definition) is 5. The van der Waals surface area contributed by atoms with E-state index in [-0.39, 0.29) is 22.6 Å². The van der Waals surface area contributed by atoms with Gasteiger partial charge in [0.05, 0.1) is 23.3 Å². The summed E-state index contributed by atoms with van der Waals surface area (Å²) >= 11 is 13.9. The zero-order valence-electron chi connectivity index (χ0n) is 17.5. The first-order valence-electron chi connectivity index (χ1n) is 9.69. The maximum absolute atomic E-state index is 13.3. The molecule has 1 N–H and O–H groups in total. The van der Waals surface area contributed by atoms with E-state index in [2.05, 4.69) is 0 Å². The quantitative estimate of drug-likeness (QED) is 0.266. The second-order valence-corrected chi connectivity index (χ2v) is 9.27. The van der Waals surface area contributed by atoms with Gasteiger partial charge in [-0.15, -0.1) is 11.3 Å². The van der Waals surface area contributed by atoms with Crippen LogP contribution < -0.4 is 9.64 Å². The lowest BCUT2D eigenvalue weighted by atomic mass is 9.98. The van der Waals surface area contributed by atoms with Crippen LogP contribution in [0.5, 0.6) is 5.75 Å². The standard InChI is InChI=1S/C24H19Cl2NO4S/c1-12-9-15(23(31-3)16(26)10-12)21(28)19-20(18-5-4-8-32-18)27(24(30)22(19)29)17-11-14(25)7-6-13(17)2/h4-11,20,28H,1-3H3/b21-19-. The zero-order chi connectivity index (χ0) is 23.2. The third-order valence-electron chi connectivity index (χ3n) is 5.34. The number of carbonyl (C=O) groups excluding carboxylic acids is 2. The van der Waals surface area contributed by atoms with Crippen molar-refractivity contribution in [2.24, 2.45) is 0 Å². The van der Waals surface area contributed by atoms with Crippen LogP contribution >= 0.6 is 34.5 Å². The number of benzene rings is 2. The van der Waals surface area contributed by atoms with Gasteiger partial charge in [-0.2, -0.15) is 0 Å². The van der Waals surface area contributed by atoms with Gasteiger partial charge in [0.2, 0.25) is 0 Å². The Bertz CT molecular complexity index is 1270. The molecular weight excluding hydrogens is 469 g/mol. The van der Waals surface area contributed by atoms with Crippen LogP contribution in [0.4, 0.5) is 5.69 Å². The molecule has 164 valence electrons. The van der Waals surface area contributed by atoms with E-state index in [0.717, 1.165) is 16.0 Å². The number of halogens is 2. The van der Waals surface area contributed by atoms with Gasteiger partial charge in [-0.3, -0.25) is 14.5 Å². The number of anilines is 1. The first-order valence-corrected chi connectivity index (χ1v) is 11.3. The predicted octanol–water partition coefficient (Wildman–Crippen LogP) is 6.31. The van der Waals surface area contributed by atoms with Gasteiger partial charge in [0.1, 0.15) is 17.6 Å². The molecular formula is C24H19Cl2NO4S. The minimum Gasteiger partial charge on any atom is -0.507 e. The van der Waals surface area contributed by atoms with Crippen molar-refractivity contribution >= 4 is 57.7 Å². The third kappa shape index (κ3) is 3.68. The minimum atomic E-state index is -0.823. The summed E-state index contributed by atoms with van der Waals surface area (Å²) in [5, 5.41) is 13.9. The number of aliphatic hydroxyl groups is 1. The van der Waals surface area contributed by atoms with Crippen molar-refractivity contribution in [3.63, 3.8) is 0 Å². The van der Waals surface area contributed by atoms with Crippen LogP contribution in [0, 0.1) is 13.8 Å². The van der Waals surface area contributed by atoms with E-state index >= 15 is 0 Å². The average Bonchev–Trinajstić information content (AvgIpc) is 3.36. The SMILES string of the molecule is COc1c(Cl)cc(C)cc1/C(O)=C1/C(=O)C(=O)N(c2cc(Cl)ccc2C)C1c1cccs1. The van der Waals surface area contributed by atoms with E-state index in [9.17, 15) is 14.7 Å². The molecule has 32 heavy (non-hydrogen) atoms. The molecule has 1 aliphatic rings. The average molecular weight is 488 g/mol. The van der Waals surface area contributed by atoms with E-state index < -0.39 is 17.7 Å². The van der Waals surface area contributed by atoms with E-state index in [1.165, 1.54) is 23.3 Å². The van der Waals surface area contributed by atoms with Gasteiger partial charge in [-0.25, -0.2) is 0 Å². The number of nitrogens with zero attached hydrogens (tertiary/aromatic N) is 1. The van der Waals surface area contributed by atoms with Gasteiger partial charge in [-0.05, 0) is 60.7 Å². The highest BCUT2D eigenvalue weighted by Gasteiger charge is 2.48. The van der Waals surface area contributed by atoms with Crippen LogP contribution in [-0.2, 0) is 9.59 Å². The molecule has 1 aliphatic heterocycles. The number of rotatable bonds is 4. The molecule has 8 heteroatoms. The molecule has 0 saturated carbocycles. The Labute approximate surface area is 199 Å². The molecule has 1 saturated heterocycles. The molecule has 1 amide bonds. The number of amides is 1. The second kappa shape index (κ2) is 8.62. The van der Waals surface area contributed by atoms with Gasteiger partial charge >= 0.3 is 0 Å². The fourth-order valence-corrected chi connectivity index (χ4v) is 5.24. The summed E-state index contributed by atoms with van der Waals surface area (Å²) in [5.41, 5.74) is 2.27. The molecule has 2 aromatic carbocycles. The molecule has 1 atom stereocenters.